The number of rotatable bonds is 2. The van der Waals surface area contributed by atoms with E-state index in [-0.39, 0.29) is 1.43 Å². The maximum absolute atomic E-state index is 3.56. The molecular weight excluding hydrogens is 266 g/mol. The smallest absolute Gasteiger partial charge is 0.0463 e. The number of fused-ring (bicyclic) bond motifs is 2. The monoisotopic (exact) mass is 295 g/mol. The number of allylic oxidation sites excluding steroid dienone is 3. The van der Waals surface area contributed by atoms with Crippen LogP contribution in [0.1, 0.15) is 35.5 Å². The van der Waals surface area contributed by atoms with Gasteiger partial charge in [-0.1, -0.05) is 76.2 Å². The first-order valence-electron chi connectivity index (χ1n) is 8.55. The summed E-state index contributed by atoms with van der Waals surface area (Å²) < 4.78 is 0. The Morgan fingerprint density at radius 3 is 2.41 bits per heavy atom. The van der Waals surface area contributed by atoms with Crippen LogP contribution in [0.25, 0.3) is 10.8 Å². The molecule has 1 saturated carbocycles. The summed E-state index contributed by atoms with van der Waals surface area (Å²) in [5.74, 6) is 1.61. The van der Waals surface area contributed by atoms with Crippen LogP contribution in [-0.4, -0.2) is 0 Å². The molecule has 0 aromatic heterocycles. The van der Waals surface area contributed by atoms with Gasteiger partial charge >= 0.3 is 0 Å². The van der Waals surface area contributed by atoms with E-state index in [2.05, 4.69) is 66.0 Å². The molecule has 22 heavy (non-hydrogen) atoms. The SMILES string of the molecule is C1=CC2CC2C=C1Nc1cccc2ccccc12.CC.CC.[HH]. The normalized spacial score (nSPS) is 20.6. The lowest BCUT2D eigenvalue weighted by Crippen LogP contribution is -2.00. The Labute approximate surface area is 136 Å². The number of anilines is 1. The molecule has 2 aromatic rings. The average Bonchev–Trinajstić information content (AvgIpc) is 3.38. The first-order valence-corrected chi connectivity index (χ1v) is 8.55. The lowest BCUT2D eigenvalue weighted by atomic mass is 10.1. The summed E-state index contributed by atoms with van der Waals surface area (Å²) in [6.07, 6.45) is 8.25. The van der Waals surface area contributed by atoms with E-state index in [1.54, 1.807) is 0 Å². The molecule has 1 heteroatoms. The summed E-state index contributed by atoms with van der Waals surface area (Å²) in [4.78, 5) is 0. The molecule has 1 nitrogen and oxygen atoms in total. The van der Waals surface area contributed by atoms with Crippen LogP contribution in [0.2, 0.25) is 0 Å². The van der Waals surface area contributed by atoms with Crippen LogP contribution in [0.5, 0.6) is 0 Å². The van der Waals surface area contributed by atoms with Gasteiger partial charge in [-0.3, -0.25) is 0 Å². The van der Waals surface area contributed by atoms with Gasteiger partial charge in [-0.15, -0.1) is 0 Å². The van der Waals surface area contributed by atoms with Crippen LogP contribution in [0.4, 0.5) is 5.69 Å². The third-order valence-electron chi connectivity index (χ3n) is 3.88. The van der Waals surface area contributed by atoms with Crippen molar-refractivity contribution in [3.8, 4) is 0 Å². The molecule has 0 bridgehead atoms. The predicted molar refractivity (Wildman–Crippen MR) is 101 cm³/mol. The Bertz CT molecular complexity index is 667. The van der Waals surface area contributed by atoms with Gasteiger partial charge < -0.3 is 5.32 Å². The number of nitrogens with one attached hydrogen (secondary N) is 1. The van der Waals surface area contributed by atoms with Crippen LogP contribution >= 0.6 is 0 Å². The lowest BCUT2D eigenvalue weighted by Gasteiger charge is -2.12. The van der Waals surface area contributed by atoms with Gasteiger partial charge in [0.15, 0.2) is 0 Å². The highest BCUT2D eigenvalue weighted by Crippen LogP contribution is 2.44. The minimum absolute atomic E-state index is 0. The fraction of sp³-hybridized carbons (Fsp3) is 0.333. The second kappa shape index (κ2) is 7.84. The van der Waals surface area contributed by atoms with Crippen molar-refractivity contribution < 1.29 is 1.43 Å². The molecule has 0 heterocycles. The number of benzene rings is 2. The zero-order valence-electron chi connectivity index (χ0n) is 14.1. The topological polar surface area (TPSA) is 12.0 Å². The summed E-state index contributed by atoms with van der Waals surface area (Å²) in [5.41, 5.74) is 2.44. The zero-order valence-corrected chi connectivity index (χ0v) is 14.1. The van der Waals surface area contributed by atoms with Gasteiger partial charge in [0.1, 0.15) is 0 Å². The molecule has 4 rings (SSSR count). The molecular formula is C21H29N. The van der Waals surface area contributed by atoms with Crippen LogP contribution in [0.15, 0.2) is 66.4 Å². The molecule has 1 fully saturated rings. The van der Waals surface area contributed by atoms with E-state index in [9.17, 15) is 0 Å². The van der Waals surface area contributed by atoms with Crippen molar-refractivity contribution in [2.24, 2.45) is 11.8 Å². The first kappa shape index (κ1) is 16.4. The summed E-state index contributed by atoms with van der Waals surface area (Å²) in [6.45, 7) is 8.00. The Hall–Kier alpha value is -2.02. The largest absolute Gasteiger partial charge is 0.355 e. The van der Waals surface area contributed by atoms with E-state index >= 15 is 0 Å². The molecule has 0 radical (unpaired) electrons. The van der Waals surface area contributed by atoms with E-state index in [1.165, 1.54) is 28.6 Å². The maximum Gasteiger partial charge on any atom is 0.0463 e. The van der Waals surface area contributed by atoms with E-state index in [0.717, 1.165) is 11.8 Å². The molecule has 0 aliphatic heterocycles. The fourth-order valence-electron chi connectivity index (χ4n) is 2.74. The molecule has 2 unspecified atom stereocenters. The summed E-state index contributed by atoms with van der Waals surface area (Å²) in [6, 6.07) is 14.9. The molecule has 2 aliphatic carbocycles. The van der Waals surface area contributed by atoms with E-state index in [4.69, 9.17) is 0 Å². The molecule has 2 atom stereocenters. The molecule has 0 spiro atoms. The first-order chi connectivity index (χ1) is 10.9. The van der Waals surface area contributed by atoms with Crippen LogP contribution in [0, 0.1) is 11.8 Å². The minimum Gasteiger partial charge on any atom is -0.355 e. The summed E-state index contributed by atoms with van der Waals surface area (Å²) >= 11 is 0. The quantitative estimate of drug-likeness (QED) is 0.654. The molecule has 0 saturated heterocycles. The Morgan fingerprint density at radius 2 is 1.64 bits per heavy atom. The third-order valence-corrected chi connectivity index (χ3v) is 3.88. The highest BCUT2D eigenvalue weighted by Gasteiger charge is 2.34. The standard InChI is InChI=1S/C17H15N.2C2H6.H2/c1-2-6-16-12(4-1)5-3-7-17(16)18-15-9-8-13-10-14(13)11-15;2*1-2;/h1-9,11,13-14,18H,10H2;2*1-2H3;1H. The Balaban J connectivity index is 0.000000494. The molecule has 2 aliphatic rings. The summed E-state index contributed by atoms with van der Waals surface area (Å²) in [5, 5.41) is 6.12. The van der Waals surface area contributed by atoms with Gasteiger partial charge in [-0.2, -0.15) is 0 Å². The average molecular weight is 295 g/mol. The molecule has 1 N–H and O–H groups in total. The lowest BCUT2D eigenvalue weighted by molar-refractivity contribution is 0.966. The van der Waals surface area contributed by atoms with Crippen LogP contribution in [0.3, 0.4) is 0 Å². The minimum atomic E-state index is 0. The van der Waals surface area contributed by atoms with Gasteiger partial charge in [0.05, 0.1) is 0 Å². The Kier molecular flexibility index (Phi) is 5.83. The zero-order chi connectivity index (χ0) is 15.9. The predicted octanol–water partition coefficient (Wildman–Crippen LogP) is 6.64. The maximum atomic E-state index is 3.56. The second-order valence-corrected chi connectivity index (χ2v) is 5.20. The third kappa shape index (κ3) is 3.59. The van der Waals surface area contributed by atoms with Crippen molar-refractivity contribution in [3.05, 3.63) is 66.4 Å². The molecule has 2 aromatic carbocycles. The van der Waals surface area contributed by atoms with Gasteiger partial charge in [0.2, 0.25) is 0 Å². The van der Waals surface area contributed by atoms with Crippen molar-refractivity contribution in [1.29, 1.82) is 0 Å². The fourth-order valence-corrected chi connectivity index (χ4v) is 2.74. The van der Waals surface area contributed by atoms with Crippen molar-refractivity contribution in [2.75, 3.05) is 5.32 Å². The van der Waals surface area contributed by atoms with Gasteiger partial charge in [0.25, 0.3) is 0 Å². The van der Waals surface area contributed by atoms with E-state index in [0.29, 0.717) is 0 Å². The van der Waals surface area contributed by atoms with Crippen molar-refractivity contribution in [3.63, 3.8) is 0 Å². The second-order valence-electron chi connectivity index (χ2n) is 5.20. The van der Waals surface area contributed by atoms with Crippen LogP contribution < -0.4 is 5.32 Å². The summed E-state index contributed by atoms with van der Waals surface area (Å²) in [7, 11) is 0. The van der Waals surface area contributed by atoms with Crippen molar-refractivity contribution >= 4 is 16.5 Å². The van der Waals surface area contributed by atoms with Crippen molar-refractivity contribution in [1.82, 2.24) is 0 Å². The highest BCUT2D eigenvalue weighted by molar-refractivity contribution is 5.94. The van der Waals surface area contributed by atoms with Crippen LogP contribution in [-0.2, 0) is 0 Å². The number of hydrogen-bond acceptors (Lipinski definition) is 1. The van der Waals surface area contributed by atoms with Crippen molar-refractivity contribution in [2.45, 2.75) is 34.1 Å². The van der Waals surface area contributed by atoms with Gasteiger partial charge in [-0.25, -0.2) is 0 Å². The van der Waals surface area contributed by atoms with E-state index in [1.807, 2.05) is 27.7 Å². The highest BCUT2D eigenvalue weighted by atomic mass is 14.9. The molecule has 118 valence electrons. The van der Waals surface area contributed by atoms with Gasteiger partial charge in [-0.05, 0) is 35.8 Å². The molecule has 0 amide bonds. The van der Waals surface area contributed by atoms with E-state index < -0.39 is 0 Å². The Morgan fingerprint density at radius 1 is 0.909 bits per heavy atom. The van der Waals surface area contributed by atoms with Gasteiger partial charge in [0, 0.05) is 18.2 Å². The number of hydrogen-bond donors (Lipinski definition) is 1.